The Morgan fingerprint density at radius 3 is 2.40 bits per heavy atom. The second-order valence-corrected chi connectivity index (χ2v) is 7.44. The molecule has 2 heterocycles. The van der Waals surface area contributed by atoms with Gasteiger partial charge in [-0.25, -0.2) is 9.18 Å². The van der Waals surface area contributed by atoms with Gasteiger partial charge < -0.3 is 15.1 Å². The van der Waals surface area contributed by atoms with Gasteiger partial charge in [-0.3, -0.25) is 9.69 Å². The molecule has 136 valence electrons. The Kier molecular flexibility index (Phi) is 4.69. The first-order chi connectivity index (χ1) is 11.8. The molecule has 0 aliphatic carbocycles. The summed E-state index contributed by atoms with van der Waals surface area (Å²) in [5, 5.41) is 2.81. The van der Waals surface area contributed by atoms with Crippen LogP contribution >= 0.6 is 0 Å². The van der Waals surface area contributed by atoms with Crippen LogP contribution in [0.1, 0.15) is 20.8 Å². The van der Waals surface area contributed by atoms with Crippen molar-refractivity contribution in [1.29, 1.82) is 0 Å². The van der Waals surface area contributed by atoms with Crippen LogP contribution < -0.4 is 5.32 Å². The van der Waals surface area contributed by atoms with E-state index < -0.39 is 0 Å². The lowest BCUT2D eigenvalue weighted by Gasteiger charge is -2.55. The van der Waals surface area contributed by atoms with Gasteiger partial charge in [0.1, 0.15) is 5.82 Å². The van der Waals surface area contributed by atoms with E-state index in [1.807, 2.05) is 4.90 Å². The van der Waals surface area contributed by atoms with Crippen molar-refractivity contribution in [3.63, 3.8) is 0 Å². The highest BCUT2D eigenvalue weighted by Gasteiger charge is 2.43. The molecule has 6 nitrogen and oxygen atoms in total. The molecule has 1 atom stereocenters. The van der Waals surface area contributed by atoms with Gasteiger partial charge in [0.2, 0.25) is 5.91 Å². The van der Waals surface area contributed by atoms with E-state index in [4.69, 9.17) is 0 Å². The van der Waals surface area contributed by atoms with Crippen molar-refractivity contribution in [3.8, 4) is 0 Å². The number of rotatable bonds is 1. The zero-order chi connectivity index (χ0) is 18.2. The molecule has 2 saturated heterocycles. The van der Waals surface area contributed by atoms with Crippen LogP contribution in [0.15, 0.2) is 24.3 Å². The predicted molar refractivity (Wildman–Crippen MR) is 93.8 cm³/mol. The number of nitrogens with one attached hydrogen (secondary N) is 1. The third kappa shape index (κ3) is 3.76. The SMILES string of the molecule is CC(=O)N1C[C@@H]2CN(C(=O)Nc3ccc(F)cc3)CCN2C(C)(C)C1. The molecule has 7 heteroatoms. The first-order valence-electron chi connectivity index (χ1n) is 8.60. The van der Waals surface area contributed by atoms with E-state index in [1.54, 1.807) is 24.0 Å². The van der Waals surface area contributed by atoms with E-state index in [0.717, 1.165) is 6.54 Å². The summed E-state index contributed by atoms with van der Waals surface area (Å²) in [5.41, 5.74) is 0.469. The smallest absolute Gasteiger partial charge is 0.321 e. The Labute approximate surface area is 147 Å². The molecule has 1 aromatic carbocycles. The summed E-state index contributed by atoms with van der Waals surface area (Å²) in [7, 11) is 0. The fourth-order valence-corrected chi connectivity index (χ4v) is 3.85. The minimum atomic E-state index is -0.333. The maximum Gasteiger partial charge on any atom is 0.321 e. The van der Waals surface area contributed by atoms with Gasteiger partial charge in [-0.1, -0.05) is 0 Å². The highest BCUT2D eigenvalue weighted by molar-refractivity contribution is 5.89. The zero-order valence-corrected chi connectivity index (χ0v) is 15.0. The maximum absolute atomic E-state index is 13.0. The second kappa shape index (κ2) is 6.63. The van der Waals surface area contributed by atoms with Gasteiger partial charge in [-0.05, 0) is 38.1 Å². The van der Waals surface area contributed by atoms with Crippen molar-refractivity contribution in [2.75, 3.05) is 38.0 Å². The van der Waals surface area contributed by atoms with E-state index in [-0.39, 0.29) is 29.3 Å². The van der Waals surface area contributed by atoms with E-state index in [0.29, 0.717) is 31.9 Å². The minimum absolute atomic E-state index is 0.0700. The number of halogens is 1. The molecule has 0 radical (unpaired) electrons. The molecule has 3 rings (SSSR count). The van der Waals surface area contributed by atoms with Crippen molar-refractivity contribution in [3.05, 3.63) is 30.1 Å². The van der Waals surface area contributed by atoms with Gasteiger partial charge in [0.15, 0.2) is 0 Å². The van der Waals surface area contributed by atoms with Gasteiger partial charge in [-0.15, -0.1) is 0 Å². The molecular weight excluding hydrogens is 323 g/mol. The number of carbonyl (C=O) groups is 2. The molecule has 2 aliphatic rings. The van der Waals surface area contributed by atoms with Crippen LogP contribution in [-0.4, -0.2) is 70.9 Å². The average molecular weight is 348 g/mol. The van der Waals surface area contributed by atoms with E-state index in [2.05, 4.69) is 24.1 Å². The van der Waals surface area contributed by atoms with E-state index >= 15 is 0 Å². The monoisotopic (exact) mass is 348 g/mol. The normalized spacial score (nSPS) is 23.1. The van der Waals surface area contributed by atoms with Crippen LogP contribution in [0.25, 0.3) is 0 Å². The maximum atomic E-state index is 13.0. The summed E-state index contributed by atoms with van der Waals surface area (Å²) in [5.74, 6) is -0.263. The zero-order valence-electron chi connectivity index (χ0n) is 15.0. The molecule has 3 amide bonds. The summed E-state index contributed by atoms with van der Waals surface area (Å²) in [6.45, 7) is 9.20. The molecule has 1 N–H and O–H groups in total. The molecule has 0 bridgehead atoms. The molecule has 25 heavy (non-hydrogen) atoms. The number of piperazine rings is 2. The Morgan fingerprint density at radius 2 is 1.76 bits per heavy atom. The van der Waals surface area contributed by atoms with Crippen molar-refractivity contribution >= 4 is 17.6 Å². The van der Waals surface area contributed by atoms with E-state index in [9.17, 15) is 14.0 Å². The quantitative estimate of drug-likeness (QED) is 0.844. The first kappa shape index (κ1) is 17.7. The van der Waals surface area contributed by atoms with Gasteiger partial charge in [0.25, 0.3) is 0 Å². The van der Waals surface area contributed by atoms with Crippen LogP contribution in [0.5, 0.6) is 0 Å². The molecule has 0 aromatic heterocycles. The highest BCUT2D eigenvalue weighted by atomic mass is 19.1. The van der Waals surface area contributed by atoms with Crippen LogP contribution in [0.4, 0.5) is 14.9 Å². The van der Waals surface area contributed by atoms with Gasteiger partial charge in [-0.2, -0.15) is 0 Å². The molecule has 2 fully saturated rings. The van der Waals surface area contributed by atoms with Crippen LogP contribution in [0.3, 0.4) is 0 Å². The lowest BCUT2D eigenvalue weighted by Crippen LogP contribution is -2.70. The average Bonchev–Trinajstić information content (AvgIpc) is 2.55. The lowest BCUT2D eigenvalue weighted by atomic mass is 9.93. The minimum Gasteiger partial charge on any atom is -0.339 e. The number of anilines is 1. The molecule has 2 aliphatic heterocycles. The summed E-state index contributed by atoms with van der Waals surface area (Å²) < 4.78 is 13.0. The summed E-state index contributed by atoms with van der Waals surface area (Å²) in [6, 6.07) is 5.67. The third-order valence-corrected chi connectivity index (χ3v) is 5.10. The number of carbonyl (C=O) groups excluding carboxylic acids is 2. The second-order valence-electron chi connectivity index (χ2n) is 7.44. The number of nitrogens with zero attached hydrogens (tertiary/aromatic N) is 3. The van der Waals surface area contributed by atoms with Gasteiger partial charge in [0.05, 0.1) is 0 Å². The summed E-state index contributed by atoms with van der Waals surface area (Å²) in [4.78, 5) is 30.4. The molecule has 1 aromatic rings. The Morgan fingerprint density at radius 1 is 1.12 bits per heavy atom. The van der Waals surface area contributed by atoms with Crippen molar-refractivity contribution < 1.29 is 14.0 Å². The lowest BCUT2D eigenvalue weighted by molar-refractivity contribution is -0.138. The van der Waals surface area contributed by atoms with Crippen molar-refractivity contribution in [1.82, 2.24) is 14.7 Å². The number of hydrogen-bond acceptors (Lipinski definition) is 3. The highest BCUT2D eigenvalue weighted by Crippen LogP contribution is 2.28. The molecule has 0 saturated carbocycles. The van der Waals surface area contributed by atoms with Crippen molar-refractivity contribution in [2.24, 2.45) is 0 Å². The third-order valence-electron chi connectivity index (χ3n) is 5.10. The summed E-state index contributed by atoms with van der Waals surface area (Å²) >= 11 is 0. The van der Waals surface area contributed by atoms with Gasteiger partial charge in [0, 0.05) is 56.9 Å². The van der Waals surface area contributed by atoms with Crippen LogP contribution in [-0.2, 0) is 4.79 Å². The van der Waals surface area contributed by atoms with Crippen molar-refractivity contribution in [2.45, 2.75) is 32.4 Å². The molecular formula is C18H25FN4O2. The van der Waals surface area contributed by atoms with Crippen LogP contribution in [0.2, 0.25) is 0 Å². The fraction of sp³-hybridized carbons (Fsp3) is 0.556. The standard InChI is InChI=1S/C18H25FN4O2/c1-13(24)22-11-16-10-21(8-9-23(16)18(2,3)12-22)17(25)20-15-6-4-14(19)5-7-15/h4-7,16H,8-12H2,1-3H3,(H,20,25)/t16-/m0/s1. The topological polar surface area (TPSA) is 55.9 Å². The van der Waals surface area contributed by atoms with Gasteiger partial charge >= 0.3 is 6.03 Å². The number of hydrogen-bond donors (Lipinski definition) is 1. The number of urea groups is 1. The first-order valence-corrected chi connectivity index (χ1v) is 8.60. The number of benzene rings is 1. The Hall–Kier alpha value is -2.15. The predicted octanol–water partition coefficient (Wildman–Crippen LogP) is 1.98. The fourth-order valence-electron chi connectivity index (χ4n) is 3.85. The molecule has 0 spiro atoms. The Balaban J connectivity index is 1.67. The number of amides is 3. The largest absolute Gasteiger partial charge is 0.339 e. The number of fused-ring (bicyclic) bond motifs is 1. The van der Waals surface area contributed by atoms with Crippen LogP contribution in [0, 0.1) is 5.82 Å². The summed E-state index contributed by atoms with van der Waals surface area (Å²) in [6.07, 6.45) is 0. The molecule has 0 unspecified atom stereocenters. The Bertz CT molecular complexity index is 662. The van der Waals surface area contributed by atoms with E-state index in [1.165, 1.54) is 12.1 Å².